The van der Waals surface area contributed by atoms with Crippen LogP contribution in [0.1, 0.15) is 15.9 Å². The zero-order valence-electron chi connectivity index (χ0n) is 10.8. The normalized spacial score (nSPS) is 10.1. The number of phenols is 1. The molecule has 0 unspecified atom stereocenters. The van der Waals surface area contributed by atoms with Crippen LogP contribution >= 0.6 is 11.6 Å². The number of aromatic hydroxyl groups is 1. The number of carboxylic acid groups (broad SMARTS) is 1. The quantitative estimate of drug-likeness (QED) is 0.758. The van der Waals surface area contributed by atoms with Gasteiger partial charge in [-0.1, -0.05) is 29.8 Å². The van der Waals surface area contributed by atoms with Crippen molar-refractivity contribution in [1.82, 2.24) is 0 Å². The van der Waals surface area contributed by atoms with Crippen LogP contribution in [0, 0.1) is 0 Å². The molecule has 0 saturated heterocycles. The lowest BCUT2D eigenvalue weighted by Crippen LogP contribution is -2.15. The lowest BCUT2D eigenvalue weighted by molar-refractivity contribution is -0.115. The van der Waals surface area contributed by atoms with E-state index in [0.29, 0.717) is 16.3 Å². The van der Waals surface area contributed by atoms with E-state index >= 15 is 0 Å². The number of amides is 1. The fourth-order valence-electron chi connectivity index (χ4n) is 1.81. The number of nitrogens with one attached hydrogen (secondary N) is 1. The Bertz CT molecular complexity index is 700. The molecule has 0 saturated carbocycles. The van der Waals surface area contributed by atoms with E-state index in [9.17, 15) is 14.7 Å². The molecule has 3 N–H and O–H groups in total. The largest absolute Gasteiger partial charge is 0.507 e. The van der Waals surface area contributed by atoms with Crippen LogP contribution in [0.25, 0.3) is 0 Å². The van der Waals surface area contributed by atoms with Crippen LogP contribution in [0.2, 0.25) is 5.02 Å². The van der Waals surface area contributed by atoms with E-state index in [0.717, 1.165) is 0 Å². The number of halogens is 1. The molecule has 0 aliphatic carbocycles. The number of benzene rings is 2. The summed E-state index contributed by atoms with van der Waals surface area (Å²) in [4.78, 5) is 22.8. The Hall–Kier alpha value is -2.53. The van der Waals surface area contributed by atoms with Gasteiger partial charge in [-0.15, -0.1) is 0 Å². The fourth-order valence-corrected chi connectivity index (χ4v) is 2.01. The molecular formula is C15H12ClNO4. The minimum Gasteiger partial charge on any atom is -0.507 e. The summed E-state index contributed by atoms with van der Waals surface area (Å²) in [6.07, 6.45) is 0.0724. The van der Waals surface area contributed by atoms with Crippen LogP contribution in [0.4, 0.5) is 5.69 Å². The SMILES string of the molecule is O=C(Cc1ccccc1Cl)Nc1ccc(O)c(C(=O)O)c1. The number of anilines is 1. The molecule has 0 atom stereocenters. The molecule has 0 spiro atoms. The van der Waals surface area contributed by atoms with Gasteiger partial charge >= 0.3 is 5.97 Å². The van der Waals surface area contributed by atoms with Crippen molar-refractivity contribution in [2.45, 2.75) is 6.42 Å². The molecule has 0 aliphatic rings. The van der Waals surface area contributed by atoms with Gasteiger partial charge in [0.1, 0.15) is 11.3 Å². The second-order valence-corrected chi connectivity index (χ2v) is 4.76. The minimum absolute atomic E-state index is 0.0724. The Morgan fingerprint density at radius 2 is 1.86 bits per heavy atom. The van der Waals surface area contributed by atoms with Gasteiger partial charge in [0, 0.05) is 10.7 Å². The summed E-state index contributed by atoms with van der Waals surface area (Å²) < 4.78 is 0. The number of aromatic carboxylic acids is 1. The summed E-state index contributed by atoms with van der Waals surface area (Å²) in [6, 6.07) is 10.8. The molecule has 0 heterocycles. The van der Waals surface area contributed by atoms with Crippen molar-refractivity contribution in [3.05, 3.63) is 58.6 Å². The van der Waals surface area contributed by atoms with Gasteiger partial charge < -0.3 is 15.5 Å². The number of rotatable bonds is 4. The van der Waals surface area contributed by atoms with Crippen LogP contribution in [0.3, 0.4) is 0 Å². The maximum absolute atomic E-state index is 11.9. The smallest absolute Gasteiger partial charge is 0.339 e. The van der Waals surface area contributed by atoms with E-state index in [2.05, 4.69) is 5.32 Å². The molecule has 2 aromatic carbocycles. The lowest BCUT2D eigenvalue weighted by Gasteiger charge is -2.08. The Morgan fingerprint density at radius 1 is 1.14 bits per heavy atom. The van der Waals surface area contributed by atoms with Crippen LogP contribution in [0.5, 0.6) is 5.75 Å². The lowest BCUT2D eigenvalue weighted by atomic mass is 10.1. The molecule has 0 radical (unpaired) electrons. The molecule has 1 amide bonds. The highest BCUT2D eigenvalue weighted by Gasteiger charge is 2.12. The standard InChI is InChI=1S/C15H12ClNO4/c16-12-4-2-1-3-9(12)7-14(19)17-10-5-6-13(18)11(8-10)15(20)21/h1-6,8,18H,7H2,(H,17,19)(H,20,21). The fraction of sp³-hybridized carbons (Fsp3) is 0.0667. The number of carbonyl (C=O) groups is 2. The molecule has 108 valence electrons. The third-order valence-electron chi connectivity index (χ3n) is 2.82. The van der Waals surface area contributed by atoms with Gasteiger partial charge in [-0.2, -0.15) is 0 Å². The molecule has 0 aromatic heterocycles. The molecule has 21 heavy (non-hydrogen) atoms. The van der Waals surface area contributed by atoms with Crippen molar-refractivity contribution in [2.24, 2.45) is 0 Å². The Kier molecular flexibility index (Phi) is 4.45. The Morgan fingerprint density at radius 3 is 2.52 bits per heavy atom. The highest BCUT2D eigenvalue weighted by molar-refractivity contribution is 6.31. The Balaban J connectivity index is 2.12. The summed E-state index contributed by atoms with van der Waals surface area (Å²) in [7, 11) is 0. The van der Waals surface area contributed by atoms with Crippen molar-refractivity contribution < 1.29 is 19.8 Å². The van der Waals surface area contributed by atoms with E-state index < -0.39 is 5.97 Å². The highest BCUT2D eigenvalue weighted by Crippen LogP contribution is 2.22. The average Bonchev–Trinajstić information content (AvgIpc) is 2.43. The van der Waals surface area contributed by atoms with Crippen molar-refractivity contribution in [3.8, 4) is 5.75 Å². The van der Waals surface area contributed by atoms with E-state index in [-0.39, 0.29) is 23.6 Å². The average molecular weight is 306 g/mol. The number of carboxylic acids is 1. The maximum Gasteiger partial charge on any atom is 0.339 e. The molecule has 0 fully saturated rings. The van der Waals surface area contributed by atoms with Gasteiger partial charge in [-0.25, -0.2) is 4.79 Å². The van der Waals surface area contributed by atoms with E-state index in [1.54, 1.807) is 24.3 Å². The van der Waals surface area contributed by atoms with Crippen LogP contribution in [-0.4, -0.2) is 22.1 Å². The minimum atomic E-state index is -1.27. The van der Waals surface area contributed by atoms with Gasteiger partial charge in [-0.05, 0) is 29.8 Å². The summed E-state index contributed by atoms with van der Waals surface area (Å²) in [5, 5.41) is 21.4. The number of carbonyl (C=O) groups excluding carboxylic acids is 1. The van der Waals surface area contributed by atoms with Gasteiger partial charge in [0.15, 0.2) is 0 Å². The predicted molar refractivity (Wildman–Crippen MR) is 78.9 cm³/mol. The first-order chi connectivity index (χ1) is 9.97. The first kappa shape index (κ1) is 14.9. The predicted octanol–water partition coefficient (Wildman–Crippen LogP) is 2.93. The van der Waals surface area contributed by atoms with Gasteiger partial charge in [0.2, 0.25) is 5.91 Å². The van der Waals surface area contributed by atoms with Crippen molar-refractivity contribution in [3.63, 3.8) is 0 Å². The van der Waals surface area contributed by atoms with E-state index in [1.165, 1.54) is 18.2 Å². The number of hydrogen-bond acceptors (Lipinski definition) is 3. The molecular weight excluding hydrogens is 294 g/mol. The molecule has 0 aliphatic heterocycles. The van der Waals surface area contributed by atoms with Crippen LogP contribution in [0.15, 0.2) is 42.5 Å². The van der Waals surface area contributed by atoms with Crippen LogP contribution < -0.4 is 5.32 Å². The summed E-state index contributed by atoms with van der Waals surface area (Å²) in [5.41, 5.74) is 0.696. The second kappa shape index (κ2) is 6.28. The third kappa shape index (κ3) is 3.73. The monoisotopic (exact) mass is 305 g/mol. The van der Waals surface area contributed by atoms with Crippen molar-refractivity contribution in [2.75, 3.05) is 5.32 Å². The second-order valence-electron chi connectivity index (χ2n) is 4.35. The molecule has 2 rings (SSSR count). The topological polar surface area (TPSA) is 86.6 Å². The molecule has 6 heteroatoms. The van der Waals surface area contributed by atoms with E-state index in [1.807, 2.05) is 0 Å². The van der Waals surface area contributed by atoms with Gasteiger partial charge in [0.05, 0.1) is 6.42 Å². The third-order valence-corrected chi connectivity index (χ3v) is 3.19. The molecule has 5 nitrogen and oxygen atoms in total. The van der Waals surface area contributed by atoms with Crippen LogP contribution in [-0.2, 0) is 11.2 Å². The summed E-state index contributed by atoms with van der Waals surface area (Å²) in [6.45, 7) is 0. The molecule has 2 aromatic rings. The first-order valence-electron chi connectivity index (χ1n) is 6.07. The van der Waals surface area contributed by atoms with Gasteiger partial charge in [-0.3, -0.25) is 4.79 Å². The van der Waals surface area contributed by atoms with E-state index in [4.69, 9.17) is 16.7 Å². The summed E-state index contributed by atoms with van der Waals surface area (Å²) in [5.74, 6) is -1.95. The van der Waals surface area contributed by atoms with Gasteiger partial charge in [0.25, 0.3) is 0 Å². The van der Waals surface area contributed by atoms with Crippen molar-refractivity contribution in [1.29, 1.82) is 0 Å². The Labute approximate surface area is 125 Å². The van der Waals surface area contributed by atoms with Crippen molar-refractivity contribution >= 4 is 29.2 Å². The zero-order valence-corrected chi connectivity index (χ0v) is 11.6. The first-order valence-corrected chi connectivity index (χ1v) is 6.44. The molecule has 0 bridgehead atoms. The zero-order chi connectivity index (χ0) is 15.4. The summed E-state index contributed by atoms with van der Waals surface area (Å²) >= 11 is 5.97. The maximum atomic E-state index is 11.9. The highest BCUT2D eigenvalue weighted by atomic mass is 35.5. The number of hydrogen-bond donors (Lipinski definition) is 3.